The van der Waals surface area contributed by atoms with Gasteiger partial charge in [0.25, 0.3) is 0 Å². The number of rotatable bonds is 3. The quantitative estimate of drug-likeness (QED) is 0.793. The number of nitrogens with zero attached hydrogens (tertiary/aromatic N) is 3. The highest BCUT2D eigenvalue weighted by molar-refractivity contribution is 5.60. The van der Waals surface area contributed by atoms with Gasteiger partial charge in [-0.05, 0) is 17.3 Å². The van der Waals surface area contributed by atoms with Crippen LogP contribution in [0.2, 0.25) is 0 Å². The molecule has 0 atom stereocenters. The molecule has 0 fully saturated rings. The van der Waals surface area contributed by atoms with Gasteiger partial charge in [0.05, 0.1) is 12.0 Å². The minimum Gasteiger partial charge on any atom is -0.406 e. The van der Waals surface area contributed by atoms with E-state index in [2.05, 4.69) is 14.9 Å². The van der Waals surface area contributed by atoms with Gasteiger partial charge in [0.1, 0.15) is 11.4 Å². The number of aromatic nitrogens is 2. The molecule has 0 aliphatic rings. The van der Waals surface area contributed by atoms with Crippen LogP contribution >= 0.6 is 0 Å². The van der Waals surface area contributed by atoms with E-state index in [1.807, 2.05) is 0 Å². The van der Waals surface area contributed by atoms with Crippen LogP contribution in [0.5, 0.6) is 5.75 Å². The number of benzene rings is 1. The fourth-order valence-electron chi connectivity index (χ4n) is 1.39. The van der Waals surface area contributed by atoms with Gasteiger partial charge in [-0.25, -0.2) is 4.98 Å². The summed E-state index contributed by atoms with van der Waals surface area (Å²) >= 11 is 0. The van der Waals surface area contributed by atoms with E-state index in [1.54, 1.807) is 0 Å². The van der Waals surface area contributed by atoms with Crippen molar-refractivity contribution >= 4 is 5.69 Å². The highest BCUT2D eigenvalue weighted by Gasteiger charge is 2.31. The Balaban J connectivity index is 2.38. The van der Waals surface area contributed by atoms with E-state index in [0.717, 1.165) is 12.1 Å². The second kappa shape index (κ2) is 4.47. The van der Waals surface area contributed by atoms with Crippen LogP contribution in [0.3, 0.4) is 0 Å². The summed E-state index contributed by atoms with van der Waals surface area (Å²) in [6.45, 7) is 0. The van der Waals surface area contributed by atoms with Crippen LogP contribution in [0.25, 0.3) is 5.69 Å². The Kier molecular flexibility index (Phi) is 3.00. The minimum absolute atomic E-state index is 0.172. The number of hydrogen-bond acceptors (Lipinski definition) is 4. The van der Waals surface area contributed by atoms with Gasteiger partial charge in [0.2, 0.25) is 0 Å². The van der Waals surface area contributed by atoms with Crippen LogP contribution in [-0.2, 0) is 0 Å². The first-order chi connectivity index (χ1) is 8.49. The first-order valence-corrected chi connectivity index (χ1v) is 4.71. The summed E-state index contributed by atoms with van der Waals surface area (Å²) in [6.07, 6.45) is -0.409. The molecule has 0 aliphatic carbocycles. The summed E-state index contributed by atoms with van der Waals surface area (Å²) in [5.74, 6) is -0.499. The van der Waals surface area contributed by atoms with Crippen molar-refractivity contribution in [2.75, 3.05) is 0 Å². The maximum absolute atomic E-state index is 12.0. The van der Waals surface area contributed by atoms with Crippen LogP contribution in [0.15, 0.2) is 42.1 Å². The third kappa shape index (κ3) is 2.65. The zero-order valence-electron chi connectivity index (χ0n) is 8.76. The van der Waals surface area contributed by atoms with Crippen LogP contribution in [0, 0.1) is 4.91 Å². The summed E-state index contributed by atoms with van der Waals surface area (Å²) in [4.78, 5) is 14.4. The molecule has 94 valence electrons. The number of ether oxygens (including phenoxy) is 1. The lowest BCUT2D eigenvalue weighted by Crippen LogP contribution is -2.17. The van der Waals surface area contributed by atoms with Gasteiger partial charge in [-0.15, -0.1) is 18.1 Å². The standard InChI is InChI=1S/C10H6F3N3O2/c11-10(12,13)18-7-1-2-9(8(5-7)15-17)16-4-3-14-6-16/h1-6H. The average Bonchev–Trinajstić information content (AvgIpc) is 2.80. The molecule has 0 amide bonds. The highest BCUT2D eigenvalue weighted by atomic mass is 19.4. The van der Waals surface area contributed by atoms with Crippen LogP contribution < -0.4 is 4.74 Å². The molecular formula is C10H6F3N3O2. The molecule has 0 bridgehead atoms. The number of imidazole rings is 1. The predicted octanol–water partition coefficient (Wildman–Crippen LogP) is 3.17. The van der Waals surface area contributed by atoms with Gasteiger partial charge in [0.15, 0.2) is 0 Å². The first-order valence-electron chi connectivity index (χ1n) is 4.71. The summed E-state index contributed by atoms with van der Waals surface area (Å²) in [5, 5.41) is 2.67. The van der Waals surface area contributed by atoms with E-state index in [0.29, 0.717) is 5.69 Å². The van der Waals surface area contributed by atoms with Gasteiger partial charge in [0, 0.05) is 18.5 Å². The van der Waals surface area contributed by atoms with Crippen molar-refractivity contribution < 1.29 is 17.9 Å². The normalized spacial score (nSPS) is 11.3. The largest absolute Gasteiger partial charge is 0.573 e. The monoisotopic (exact) mass is 257 g/mol. The fourth-order valence-corrected chi connectivity index (χ4v) is 1.39. The average molecular weight is 257 g/mol. The summed E-state index contributed by atoms with van der Waals surface area (Å²) in [5.41, 5.74) is 0.145. The van der Waals surface area contributed by atoms with Crippen molar-refractivity contribution in [2.24, 2.45) is 5.18 Å². The van der Waals surface area contributed by atoms with E-state index in [-0.39, 0.29) is 5.69 Å². The van der Waals surface area contributed by atoms with E-state index < -0.39 is 12.1 Å². The maximum atomic E-state index is 12.0. The number of alkyl halides is 3. The SMILES string of the molecule is O=Nc1cc(OC(F)(F)F)ccc1-n1ccnc1. The van der Waals surface area contributed by atoms with Crippen molar-refractivity contribution in [2.45, 2.75) is 6.36 Å². The summed E-state index contributed by atoms with van der Waals surface area (Å²) in [7, 11) is 0. The Morgan fingerprint density at radius 1 is 1.33 bits per heavy atom. The molecule has 1 heterocycles. The van der Waals surface area contributed by atoms with Gasteiger partial charge in [-0.2, -0.15) is 0 Å². The maximum Gasteiger partial charge on any atom is 0.573 e. The molecule has 0 aliphatic heterocycles. The number of nitroso groups, excluding NO2 is 1. The molecule has 0 spiro atoms. The van der Waals surface area contributed by atoms with Crippen LogP contribution in [-0.4, -0.2) is 15.9 Å². The fraction of sp³-hybridized carbons (Fsp3) is 0.100. The third-order valence-electron chi connectivity index (χ3n) is 2.06. The topological polar surface area (TPSA) is 56.5 Å². The summed E-state index contributed by atoms with van der Waals surface area (Å²) < 4.78 is 41.2. The predicted molar refractivity (Wildman–Crippen MR) is 55.7 cm³/mol. The van der Waals surface area contributed by atoms with Crippen molar-refractivity contribution in [1.29, 1.82) is 0 Å². The molecule has 5 nitrogen and oxygen atoms in total. The zero-order valence-corrected chi connectivity index (χ0v) is 8.76. The third-order valence-corrected chi connectivity index (χ3v) is 2.06. The Labute approximate surface area is 98.8 Å². The second-order valence-corrected chi connectivity index (χ2v) is 3.26. The molecule has 8 heteroatoms. The Hall–Kier alpha value is -2.38. The lowest BCUT2D eigenvalue weighted by Gasteiger charge is -2.10. The minimum atomic E-state index is -4.81. The first kappa shape index (κ1) is 12.1. The molecular weight excluding hydrogens is 251 g/mol. The molecule has 2 rings (SSSR count). The molecule has 0 saturated heterocycles. The second-order valence-electron chi connectivity index (χ2n) is 3.26. The van der Waals surface area contributed by atoms with Gasteiger partial charge >= 0.3 is 6.36 Å². The lowest BCUT2D eigenvalue weighted by atomic mass is 10.2. The molecule has 1 aromatic carbocycles. The van der Waals surface area contributed by atoms with Gasteiger partial charge in [-0.3, -0.25) is 0 Å². The number of hydrogen-bond donors (Lipinski definition) is 0. The van der Waals surface area contributed by atoms with E-state index in [9.17, 15) is 18.1 Å². The smallest absolute Gasteiger partial charge is 0.406 e. The Morgan fingerprint density at radius 2 is 2.11 bits per heavy atom. The van der Waals surface area contributed by atoms with Crippen molar-refractivity contribution in [1.82, 2.24) is 9.55 Å². The molecule has 0 unspecified atom stereocenters. The number of halogens is 3. The van der Waals surface area contributed by atoms with E-state index in [1.165, 1.54) is 29.4 Å². The van der Waals surface area contributed by atoms with E-state index >= 15 is 0 Å². The molecule has 0 radical (unpaired) electrons. The van der Waals surface area contributed by atoms with Crippen LogP contribution in [0.4, 0.5) is 18.9 Å². The summed E-state index contributed by atoms with van der Waals surface area (Å²) in [6, 6.07) is 3.30. The molecule has 18 heavy (non-hydrogen) atoms. The highest BCUT2D eigenvalue weighted by Crippen LogP contribution is 2.31. The zero-order chi connectivity index (χ0) is 13.2. The lowest BCUT2D eigenvalue weighted by molar-refractivity contribution is -0.274. The van der Waals surface area contributed by atoms with Gasteiger partial charge in [-0.1, -0.05) is 0 Å². The van der Waals surface area contributed by atoms with Gasteiger partial charge < -0.3 is 9.30 Å². The van der Waals surface area contributed by atoms with E-state index in [4.69, 9.17) is 0 Å². The molecule has 0 N–H and O–H groups in total. The Bertz CT molecular complexity index is 552. The van der Waals surface area contributed by atoms with Crippen molar-refractivity contribution in [3.8, 4) is 11.4 Å². The molecule has 2 aromatic rings. The molecule has 1 aromatic heterocycles. The van der Waals surface area contributed by atoms with Crippen LogP contribution in [0.1, 0.15) is 0 Å². The molecule has 0 saturated carbocycles. The Morgan fingerprint density at radius 3 is 2.67 bits per heavy atom. The van der Waals surface area contributed by atoms with Crippen molar-refractivity contribution in [3.05, 3.63) is 41.8 Å². The van der Waals surface area contributed by atoms with Crippen molar-refractivity contribution in [3.63, 3.8) is 0 Å².